The van der Waals surface area contributed by atoms with Gasteiger partial charge in [0, 0.05) is 13.3 Å². The van der Waals surface area contributed by atoms with Gasteiger partial charge >= 0.3 is 5.97 Å². The van der Waals surface area contributed by atoms with Crippen molar-refractivity contribution in [1.82, 2.24) is 0 Å². The molecule has 0 aliphatic carbocycles. The SMILES string of the molecule is C=C(COC(C)=O)C(CC=O)CCC(C)O. The van der Waals surface area contributed by atoms with Gasteiger partial charge in [0.05, 0.1) is 6.10 Å². The second-order valence-electron chi connectivity index (χ2n) is 3.96. The van der Waals surface area contributed by atoms with E-state index in [1.54, 1.807) is 6.92 Å². The number of rotatable bonds is 8. The fraction of sp³-hybridized carbons (Fsp3) is 0.667. The first-order chi connectivity index (χ1) is 7.47. The summed E-state index contributed by atoms with van der Waals surface area (Å²) in [5, 5.41) is 9.17. The number of carbonyl (C=O) groups is 2. The first-order valence-corrected chi connectivity index (χ1v) is 5.40. The first kappa shape index (κ1) is 14.8. The van der Waals surface area contributed by atoms with Crippen molar-refractivity contribution in [3.63, 3.8) is 0 Å². The van der Waals surface area contributed by atoms with Gasteiger partial charge in [0.25, 0.3) is 0 Å². The van der Waals surface area contributed by atoms with Crippen molar-refractivity contribution >= 4 is 12.3 Å². The highest BCUT2D eigenvalue weighted by Crippen LogP contribution is 2.20. The highest BCUT2D eigenvalue weighted by Gasteiger charge is 2.14. The Kier molecular flexibility index (Phi) is 7.46. The normalized spacial score (nSPS) is 13.9. The minimum atomic E-state index is -0.393. The number of hydrogen-bond donors (Lipinski definition) is 1. The molecule has 92 valence electrons. The molecule has 0 aromatic carbocycles. The number of aldehydes is 1. The molecule has 0 amide bonds. The lowest BCUT2D eigenvalue weighted by Crippen LogP contribution is -2.14. The number of aliphatic hydroxyl groups excluding tert-OH is 1. The van der Waals surface area contributed by atoms with Gasteiger partial charge in [0.1, 0.15) is 12.9 Å². The molecule has 4 nitrogen and oxygen atoms in total. The maximum Gasteiger partial charge on any atom is 0.302 e. The van der Waals surface area contributed by atoms with Crippen LogP contribution in [0.1, 0.15) is 33.1 Å². The van der Waals surface area contributed by atoms with Crippen LogP contribution in [0.15, 0.2) is 12.2 Å². The number of aliphatic hydroxyl groups is 1. The fourth-order valence-corrected chi connectivity index (χ4v) is 1.36. The summed E-state index contributed by atoms with van der Waals surface area (Å²) in [5.41, 5.74) is 0.725. The molecule has 4 heteroatoms. The quantitative estimate of drug-likeness (QED) is 0.388. The maximum atomic E-state index is 10.6. The standard InChI is InChI=1S/C12H20O4/c1-9(8-16-11(3)15)12(6-7-13)5-4-10(2)14/h7,10,12,14H,1,4-6,8H2,2-3H3. The average molecular weight is 228 g/mol. The summed E-state index contributed by atoms with van der Waals surface area (Å²) in [4.78, 5) is 21.1. The van der Waals surface area contributed by atoms with Gasteiger partial charge in [-0.15, -0.1) is 0 Å². The van der Waals surface area contributed by atoms with E-state index in [9.17, 15) is 9.59 Å². The van der Waals surface area contributed by atoms with Crippen LogP contribution < -0.4 is 0 Å². The van der Waals surface area contributed by atoms with E-state index in [1.807, 2.05) is 0 Å². The van der Waals surface area contributed by atoms with E-state index < -0.39 is 6.10 Å². The Hall–Kier alpha value is -1.16. The predicted molar refractivity (Wildman–Crippen MR) is 60.9 cm³/mol. The molecule has 0 aliphatic rings. The molecule has 0 fully saturated rings. The average Bonchev–Trinajstić information content (AvgIpc) is 2.20. The third kappa shape index (κ3) is 7.17. The molecule has 0 aliphatic heterocycles. The Balaban J connectivity index is 4.11. The predicted octanol–water partition coefficient (Wildman–Crippen LogP) is 1.47. The van der Waals surface area contributed by atoms with Gasteiger partial charge in [0.2, 0.25) is 0 Å². The van der Waals surface area contributed by atoms with Crippen LogP contribution >= 0.6 is 0 Å². The number of ether oxygens (including phenoxy) is 1. The van der Waals surface area contributed by atoms with Crippen LogP contribution in [0.5, 0.6) is 0 Å². The Morgan fingerprint density at radius 1 is 1.50 bits per heavy atom. The Labute approximate surface area is 96.3 Å². The minimum Gasteiger partial charge on any atom is -0.461 e. The molecule has 2 atom stereocenters. The zero-order valence-corrected chi connectivity index (χ0v) is 9.94. The van der Waals surface area contributed by atoms with Gasteiger partial charge in [-0.3, -0.25) is 4.79 Å². The number of esters is 1. The van der Waals surface area contributed by atoms with Crippen LogP contribution in [-0.2, 0) is 14.3 Å². The minimum absolute atomic E-state index is 0.0218. The van der Waals surface area contributed by atoms with E-state index in [1.165, 1.54) is 6.92 Å². The Morgan fingerprint density at radius 2 is 2.12 bits per heavy atom. The van der Waals surface area contributed by atoms with Crippen molar-refractivity contribution in [2.45, 2.75) is 39.2 Å². The molecule has 1 N–H and O–H groups in total. The Bertz CT molecular complexity index is 245. The smallest absolute Gasteiger partial charge is 0.302 e. The lowest BCUT2D eigenvalue weighted by molar-refractivity contribution is -0.140. The van der Waals surface area contributed by atoms with E-state index in [2.05, 4.69) is 6.58 Å². The van der Waals surface area contributed by atoms with Crippen LogP contribution in [0.25, 0.3) is 0 Å². The van der Waals surface area contributed by atoms with Gasteiger partial charge in [-0.25, -0.2) is 0 Å². The number of carbonyl (C=O) groups excluding carboxylic acids is 2. The van der Waals surface area contributed by atoms with E-state index >= 15 is 0 Å². The summed E-state index contributed by atoms with van der Waals surface area (Å²) in [6.07, 6.45) is 2.07. The molecule has 2 unspecified atom stereocenters. The number of hydrogen-bond acceptors (Lipinski definition) is 4. The monoisotopic (exact) mass is 228 g/mol. The van der Waals surface area contributed by atoms with Crippen molar-refractivity contribution in [2.75, 3.05) is 6.61 Å². The highest BCUT2D eigenvalue weighted by molar-refractivity contribution is 5.66. The second-order valence-corrected chi connectivity index (χ2v) is 3.96. The van der Waals surface area contributed by atoms with Crippen molar-refractivity contribution in [1.29, 1.82) is 0 Å². The van der Waals surface area contributed by atoms with E-state index in [-0.39, 0.29) is 18.5 Å². The van der Waals surface area contributed by atoms with Gasteiger partial charge < -0.3 is 14.6 Å². The van der Waals surface area contributed by atoms with Crippen molar-refractivity contribution in [2.24, 2.45) is 5.92 Å². The summed E-state index contributed by atoms with van der Waals surface area (Å²) in [5.74, 6) is -0.382. The molecule has 0 saturated heterocycles. The second kappa shape index (κ2) is 8.05. The van der Waals surface area contributed by atoms with Crippen molar-refractivity contribution in [3.8, 4) is 0 Å². The molecule has 0 aromatic heterocycles. The molecular weight excluding hydrogens is 208 g/mol. The molecule has 0 heterocycles. The zero-order chi connectivity index (χ0) is 12.6. The molecule has 0 aromatic rings. The summed E-state index contributed by atoms with van der Waals surface area (Å²) in [7, 11) is 0. The van der Waals surface area contributed by atoms with Crippen LogP contribution in [0.2, 0.25) is 0 Å². The van der Waals surface area contributed by atoms with Crippen LogP contribution in [0, 0.1) is 5.92 Å². The van der Waals surface area contributed by atoms with E-state index in [0.717, 1.165) is 11.9 Å². The molecule has 0 spiro atoms. The lowest BCUT2D eigenvalue weighted by Gasteiger charge is -2.17. The molecule has 0 saturated carbocycles. The molecule has 0 rings (SSSR count). The Morgan fingerprint density at radius 3 is 2.56 bits per heavy atom. The van der Waals surface area contributed by atoms with Gasteiger partial charge in [-0.05, 0) is 31.3 Å². The van der Waals surface area contributed by atoms with Gasteiger partial charge in [-0.1, -0.05) is 6.58 Å². The topological polar surface area (TPSA) is 63.6 Å². The summed E-state index contributed by atoms with van der Waals surface area (Å²) >= 11 is 0. The van der Waals surface area contributed by atoms with Gasteiger partial charge in [-0.2, -0.15) is 0 Å². The van der Waals surface area contributed by atoms with Crippen LogP contribution in [-0.4, -0.2) is 30.1 Å². The van der Waals surface area contributed by atoms with E-state index in [4.69, 9.17) is 9.84 Å². The van der Waals surface area contributed by atoms with Crippen LogP contribution in [0.3, 0.4) is 0 Å². The summed E-state index contributed by atoms with van der Waals surface area (Å²) in [6.45, 7) is 6.98. The summed E-state index contributed by atoms with van der Waals surface area (Å²) < 4.78 is 4.82. The van der Waals surface area contributed by atoms with E-state index in [0.29, 0.717) is 19.3 Å². The van der Waals surface area contributed by atoms with Crippen LogP contribution in [0.4, 0.5) is 0 Å². The van der Waals surface area contributed by atoms with Crippen molar-refractivity contribution < 1.29 is 19.4 Å². The van der Waals surface area contributed by atoms with Crippen molar-refractivity contribution in [3.05, 3.63) is 12.2 Å². The first-order valence-electron chi connectivity index (χ1n) is 5.40. The third-order valence-electron chi connectivity index (χ3n) is 2.35. The maximum absolute atomic E-state index is 10.6. The fourth-order valence-electron chi connectivity index (χ4n) is 1.36. The summed E-state index contributed by atoms with van der Waals surface area (Å²) in [6, 6.07) is 0. The third-order valence-corrected chi connectivity index (χ3v) is 2.35. The largest absolute Gasteiger partial charge is 0.461 e. The lowest BCUT2D eigenvalue weighted by atomic mass is 9.92. The molecule has 0 radical (unpaired) electrons. The molecular formula is C12H20O4. The highest BCUT2D eigenvalue weighted by atomic mass is 16.5. The molecule has 16 heavy (non-hydrogen) atoms. The zero-order valence-electron chi connectivity index (χ0n) is 9.94. The molecule has 0 bridgehead atoms. The van der Waals surface area contributed by atoms with Gasteiger partial charge in [0.15, 0.2) is 0 Å².